The molecular weight excluding hydrogens is 414 g/mol. The first-order valence-electron chi connectivity index (χ1n) is 10.5. The fourth-order valence-electron chi connectivity index (χ4n) is 4.59. The first-order chi connectivity index (χ1) is 15.0. The molecule has 2 atom stereocenters. The van der Waals surface area contributed by atoms with Crippen molar-refractivity contribution in [1.29, 1.82) is 0 Å². The molecule has 0 spiro atoms. The maximum absolute atomic E-state index is 13.2. The van der Waals surface area contributed by atoms with Crippen LogP contribution in [0, 0.1) is 0 Å². The number of aryl methyl sites for hydroxylation is 1. The highest BCUT2D eigenvalue weighted by Crippen LogP contribution is 2.29. The minimum absolute atomic E-state index is 0.148. The Balaban J connectivity index is 1.39. The standard InChI is InChI=1S/C24H24ClN3O3/c1-27-13-21(24(30)26-10-15-2-5-17(25)6-3-15)23(29)20-8-16(4-7-22(20)27)11-28-12-19-9-18(28)14-31-19/h2-8,13,18-19H,9-12,14H2,1H3,(H,26,30). The zero-order chi connectivity index (χ0) is 21.5. The largest absolute Gasteiger partial charge is 0.375 e. The molecule has 2 aromatic carbocycles. The van der Waals surface area contributed by atoms with Gasteiger partial charge in [-0.2, -0.15) is 0 Å². The zero-order valence-corrected chi connectivity index (χ0v) is 18.1. The SMILES string of the molecule is Cn1cc(C(=O)NCc2ccc(Cl)cc2)c(=O)c2cc(CN3CC4CC3CO4)ccc21. The van der Waals surface area contributed by atoms with E-state index >= 15 is 0 Å². The predicted octanol–water partition coefficient (Wildman–Crippen LogP) is 3.10. The van der Waals surface area contributed by atoms with Gasteiger partial charge in [-0.15, -0.1) is 0 Å². The van der Waals surface area contributed by atoms with Crippen molar-refractivity contribution in [2.75, 3.05) is 13.2 Å². The Morgan fingerprint density at radius 3 is 2.68 bits per heavy atom. The fraction of sp³-hybridized carbons (Fsp3) is 0.333. The van der Waals surface area contributed by atoms with Gasteiger partial charge < -0.3 is 14.6 Å². The Bertz CT molecular complexity index is 1210. The first kappa shape index (κ1) is 20.2. The third-order valence-electron chi connectivity index (χ3n) is 6.26. The van der Waals surface area contributed by atoms with E-state index in [-0.39, 0.29) is 16.9 Å². The number of halogens is 1. The van der Waals surface area contributed by atoms with Crippen molar-refractivity contribution in [3.63, 3.8) is 0 Å². The number of amides is 1. The van der Waals surface area contributed by atoms with Gasteiger partial charge in [-0.05, 0) is 41.8 Å². The Morgan fingerprint density at radius 2 is 1.97 bits per heavy atom. The second-order valence-corrected chi connectivity index (χ2v) is 8.85. The van der Waals surface area contributed by atoms with Gasteiger partial charge in [0.15, 0.2) is 0 Å². The van der Waals surface area contributed by atoms with Gasteiger partial charge in [-0.25, -0.2) is 0 Å². The van der Waals surface area contributed by atoms with Gasteiger partial charge in [0.25, 0.3) is 5.91 Å². The normalized spacial score (nSPS) is 20.5. The first-order valence-corrected chi connectivity index (χ1v) is 10.9. The van der Waals surface area contributed by atoms with Crippen LogP contribution in [0.4, 0.5) is 0 Å². The Morgan fingerprint density at radius 1 is 1.19 bits per heavy atom. The maximum atomic E-state index is 13.2. The maximum Gasteiger partial charge on any atom is 0.257 e. The van der Waals surface area contributed by atoms with Crippen molar-refractivity contribution in [2.45, 2.75) is 31.7 Å². The number of aromatic nitrogens is 1. The van der Waals surface area contributed by atoms with Gasteiger partial charge >= 0.3 is 0 Å². The number of likely N-dealkylation sites (tertiary alicyclic amines) is 1. The van der Waals surface area contributed by atoms with Crippen LogP contribution in [0.1, 0.15) is 27.9 Å². The summed E-state index contributed by atoms with van der Waals surface area (Å²) in [5.74, 6) is -0.378. The third-order valence-corrected chi connectivity index (χ3v) is 6.52. The highest BCUT2D eigenvalue weighted by atomic mass is 35.5. The summed E-state index contributed by atoms with van der Waals surface area (Å²) in [6.45, 7) is 2.85. The van der Waals surface area contributed by atoms with E-state index in [2.05, 4.69) is 16.3 Å². The lowest BCUT2D eigenvalue weighted by Crippen LogP contribution is -2.36. The number of ether oxygens (including phenoxy) is 1. The molecule has 2 aliphatic heterocycles. The van der Waals surface area contributed by atoms with Crippen LogP contribution >= 0.6 is 11.6 Å². The lowest BCUT2D eigenvalue weighted by molar-refractivity contribution is 0.0273. The van der Waals surface area contributed by atoms with Crippen molar-refractivity contribution >= 4 is 28.4 Å². The van der Waals surface area contributed by atoms with E-state index < -0.39 is 0 Å². The number of nitrogens with zero attached hydrogens (tertiary/aromatic N) is 2. The summed E-state index contributed by atoms with van der Waals surface area (Å²) in [6.07, 6.45) is 3.04. The molecule has 0 saturated carbocycles. The lowest BCUT2D eigenvalue weighted by atomic mass is 10.1. The molecule has 5 rings (SSSR count). The van der Waals surface area contributed by atoms with Gasteiger partial charge in [-0.1, -0.05) is 29.8 Å². The van der Waals surface area contributed by atoms with Crippen LogP contribution in [-0.2, 0) is 24.9 Å². The summed E-state index contributed by atoms with van der Waals surface area (Å²) < 4.78 is 7.52. The molecule has 7 heteroatoms. The topological polar surface area (TPSA) is 63.6 Å². The van der Waals surface area contributed by atoms with Gasteiger partial charge in [0.1, 0.15) is 5.56 Å². The zero-order valence-electron chi connectivity index (χ0n) is 17.3. The van der Waals surface area contributed by atoms with Gasteiger partial charge in [0, 0.05) is 49.3 Å². The van der Waals surface area contributed by atoms with Crippen LogP contribution in [0.25, 0.3) is 10.9 Å². The Hall–Kier alpha value is -2.67. The third kappa shape index (κ3) is 3.99. The second-order valence-electron chi connectivity index (χ2n) is 8.42. The van der Waals surface area contributed by atoms with Crippen LogP contribution in [0.2, 0.25) is 5.02 Å². The van der Waals surface area contributed by atoms with Crippen molar-refractivity contribution < 1.29 is 9.53 Å². The molecule has 1 N–H and O–H groups in total. The molecule has 1 aromatic heterocycles. The number of hydrogen-bond acceptors (Lipinski definition) is 4. The van der Waals surface area contributed by atoms with E-state index in [1.165, 1.54) is 0 Å². The molecule has 3 aromatic rings. The molecule has 2 unspecified atom stereocenters. The quantitative estimate of drug-likeness (QED) is 0.666. The average Bonchev–Trinajstić information content (AvgIpc) is 3.39. The van der Waals surface area contributed by atoms with Crippen LogP contribution in [-0.4, -0.2) is 40.7 Å². The average molecular weight is 438 g/mol. The molecular formula is C24H24ClN3O3. The molecule has 2 saturated heterocycles. The number of morpholine rings is 1. The van der Waals surface area contributed by atoms with E-state index in [0.717, 1.165) is 42.8 Å². The number of carbonyl (C=O) groups is 1. The lowest BCUT2D eigenvalue weighted by Gasteiger charge is -2.26. The molecule has 1 amide bonds. The fourth-order valence-corrected chi connectivity index (χ4v) is 4.71. The molecule has 0 aliphatic carbocycles. The van der Waals surface area contributed by atoms with E-state index in [0.29, 0.717) is 29.1 Å². The summed E-state index contributed by atoms with van der Waals surface area (Å²) in [5.41, 5.74) is 2.72. The molecule has 6 nitrogen and oxygen atoms in total. The number of rotatable bonds is 5. The molecule has 2 bridgehead atoms. The summed E-state index contributed by atoms with van der Waals surface area (Å²) in [5, 5.41) is 4.05. The number of hydrogen-bond donors (Lipinski definition) is 1. The van der Waals surface area contributed by atoms with Crippen LogP contribution < -0.4 is 10.7 Å². The van der Waals surface area contributed by atoms with Gasteiger partial charge in [0.2, 0.25) is 5.43 Å². The summed E-state index contributed by atoms with van der Waals surface area (Å²) in [4.78, 5) is 28.4. The van der Waals surface area contributed by atoms with Gasteiger partial charge in [-0.3, -0.25) is 14.5 Å². The molecule has 0 radical (unpaired) electrons. The predicted molar refractivity (Wildman–Crippen MR) is 120 cm³/mol. The monoisotopic (exact) mass is 437 g/mol. The Labute approximate surface area is 185 Å². The highest BCUT2D eigenvalue weighted by molar-refractivity contribution is 6.30. The second kappa shape index (κ2) is 8.11. The molecule has 3 heterocycles. The molecule has 2 fully saturated rings. The summed E-state index contributed by atoms with van der Waals surface area (Å²) in [7, 11) is 1.86. The van der Waals surface area contributed by atoms with E-state index in [4.69, 9.17) is 16.3 Å². The number of benzene rings is 2. The van der Waals surface area contributed by atoms with Crippen molar-refractivity contribution in [3.8, 4) is 0 Å². The highest BCUT2D eigenvalue weighted by Gasteiger charge is 2.38. The van der Waals surface area contributed by atoms with Gasteiger partial charge in [0.05, 0.1) is 18.2 Å². The number of fused-ring (bicyclic) bond motifs is 3. The summed E-state index contributed by atoms with van der Waals surface area (Å²) >= 11 is 5.91. The number of nitrogens with one attached hydrogen (secondary N) is 1. The van der Waals surface area contributed by atoms with Crippen LogP contribution in [0.15, 0.2) is 53.5 Å². The van der Waals surface area contributed by atoms with E-state index in [1.807, 2.05) is 35.9 Å². The smallest absolute Gasteiger partial charge is 0.257 e. The van der Waals surface area contributed by atoms with Crippen LogP contribution in [0.3, 0.4) is 0 Å². The minimum Gasteiger partial charge on any atom is -0.375 e. The number of pyridine rings is 1. The van der Waals surface area contributed by atoms with Crippen LogP contribution in [0.5, 0.6) is 0 Å². The number of carbonyl (C=O) groups excluding carboxylic acids is 1. The van der Waals surface area contributed by atoms with E-state index in [1.54, 1.807) is 18.3 Å². The van der Waals surface area contributed by atoms with Crippen molar-refractivity contribution in [2.24, 2.45) is 7.05 Å². The van der Waals surface area contributed by atoms with Crippen molar-refractivity contribution in [1.82, 2.24) is 14.8 Å². The minimum atomic E-state index is -0.378. The van der Waals surface area contributed by atoms with E-state index in [9.17, 15) is 9.59 Å². The van der Waals surface area contributed by atoms with Crippen molar-refractivity contribution in [3.05, 3.63) is 80.6 Å². The summed E-state index contributed by atoms with van der Waals surface area (Å²) in [6, 6.07) is 13.7. The molecule has 31 heavy (non-hydrogen) atoms. The molecule has 160 valence electrons. The Kier molecular flexibility index (Phi) is 5.30. The molecule has 2 aliphatic rings.